The summed E-state index contributed by atoms with van der Waals surface area (Å²) in [6.45, 7) is 6.24. The van der Waals surface area contributed by atoms with E-state index in [-0.39, 0.29) is 22.9 Å². The van der Waals surface area contributed by atoms with Crippen LogP contribution in [0.15, 0.2) is 18.2 Å². The monoisotopic (exact) mass is 413 g/mol. The first-order valence-corrected chi connectivity index (χ1v) is 9.60. The second kappa shape index (κ2) is 7.51. The molecule has 158 valence electrons. The molecule has 2 aromatic rings. The fraction of sp³-hybridized carbons (Fsp3) is 0.364. The molecule has 0 saturated heterocycles. The Morgan fingerprint density at radius 2 is 1.73 bits per heavy atom. The van der Waals surface area contributed by atoms with Crippen molar-refractivity contribution >= 4 is 29.1 Å². The van der Waals surface area contributed by atoms with E-state index in [4.69, 9.17) is 0 Å². The molecule has 0 bridgehead atoms. The van der Waals surface area contributed by atoms with Crippen molar-refractivity contribution in [1.82, 2.24) is 9.88 Å². The summed E-state index contributed by atoms with van der Waals surface area (Å²) in [6.07, 6.45) is 1.02. The Kier molecular flexibility index (Phi) is 5.36. The number of hydrogen-bond donors (Lipinski definition) is 2. The van der Waals surface area contributed by atoms with Crippen LogP contribution in [0.2, 0.25) is 0 Å². The van der Waals surface area contributed by atoms with E-state index in [1.54, 1.807) is 27.8 Å². The molecule has 7 nitrogen and oxygen atoms in total. The van der Waals surface area contributed by atoms with Crippen molar-refractivity contribution in [3.63, 3.8) is 0 Å². The molecule has 0 spiro atoms. The van der Waals surface area contributed by atoms with Crippen molar-refractivity contribution < 1.29 is 23.6 Å². The lowest BCUT2D eigenvalue weighted by molar-refractivity contribution is -0.125. The van der Waals surface area contributed by atoms with Crippen molar-refractivity contribution in [1.29, 1.82) is 0 Å². The van der Waals surface area contributed by atoms with E-state index in [0.29, 0.717) is 35.3 Å². The molecular weight excluding hydrogens is 389 g/mol. The lowest BCUT2D eigenvalue weighted by atomic mass is 10.1. The summed E-state index contributed by atoms with van der Waals surface area (Å²) in [5.41, 5.74) is 1.09. The van der Waals surface area contributed by atoms with Gasteiger partial charge in [0.1, 0.15) is 5.82 Å². The Morgan fingerprint density at radius 1 is 1.10 bits per heavy atom. The number of benzene rings is 1. The summed E-state index contributed by atoms with van der Waals surface area (Å²) in [5.74, 6) is -2.70. The van der Waals surface area contributed by atoms with Gasteiger partial charge in [0, 0.05) is 18.4 Å². The number of nitrogens with zero attached hydrogens (tertiary/aromatic N) is 1. The van der Waals surface area contributed by atoms with Gasteiger partial charge in [-0.2, -0.15) is 0 Å². The minimum absolute atomic E-state index is 0.0878. The van der Waals surface area contributed by atoms with Crippen LogP contribution in [0.3, 0.4) is 0 Å². The number of carbonyl (C=O) groups excluding carboxylic acids is 4. The number of hydrogen-bond acceptors (Lipinski definition) is 4. The van der Waals surface area contributed by atoms with Gasteiger partial charge in [-0.3, -0.25) is 19.2 Å². The zero-order valence-corrected chi connectivity index (χ0v) is 17.6. The van der Waals surface area contributed by atoms with Crippen LogP contribution in [0.25, 0.3) is 0 Å². The third-order valence-electron chi connectivity index (χ3n) is 5.77. The van der Waals surface area contributed by atoms with Crippen molar-refractivity contribution in [2.45, 2.75) is 46.1 Å². The van der Waals surface area contributed by atoms with Gasteiger partial charge >= 0.3 is 0 Å². The van der Waals surface area contributed by atoms with Crippen molar-refractivity contribution in [3.8, 4) is 0 Å². The topological polar surface area (TPSA) is 97.3 Å². The minimum Gasteiger partial charge on any atom is -0.344 e. The highest BCUT2D eigenvalue weighted by atomic mass is 19.1. The van der Waals surface area contributed by atoms with Gasteiger partial charge in [-0.25, -0.2) is 4.39 Å². The zero-order chi connectivity index (χ0) is 22.4. The Labute approximate surface area is 173 Å². The Morgan fingerprint density at radius 3 is 2.27 bits per heavy atom. The minimum atomic E-state index is -0.943. The molecule has 30 heavy (non-hydrogen) atoms. The molecule has 2 amide bonds. The smallest absolute Gasteiger partial charge is 0.294 e. The number of halogens is 1. The summed E-state index contributed by atoms with van der Waals surface area (Å²) in [5, 5.41) is 5.25. The van der Waals surface area contributed by atoms with E-state index >= 15 is 0 Å². The molecule has 2 N–H and O–H groups in total. The number of rotatable bonds is 6. The third-order valence-corrected chi connectivity index (χ3v) is 5.77. The highest BCUT2D eigenvalue weighted by Gasteiger charge is 2.49. The van der Waals surface area contributed by atoms with Gasteiger partial charge in [-0.1, -0.05) is 0 Å². The normalized spacial score (nSPS) is 14.2. The van der Waals surface area contributed by atoms with Crippen LogP contribution < -0.4 is 10.6 Å². The predicted octanol–water partition coefficient (Wildman–Crippen LogP) is 2.76. The maximum absolute atomic E-state index is 13.5. The lowest BCUT2D eigenvalue weighted by Crippen LogP contribution is -2.45. The Bertz CT molecular complexity index is 1100. The SMILES string of the molecule is CC(=O)C1(NC(=O)C(=O)c2c(C)c(C(=O)Nc3ccc(F)c(C)c3)c(C)n2C)CC1. The molecule has 1 aliphatic rings. The molecule has 0 atom stereocenters. The highest BCUT2D eigenvalue weighted by Crippen LogP contribution is 2.36. The number of anilines is 1. The number of carbonyl (C=O) groups is 4. The molecule has 8 heteroatoms. The van der Waals surface area contributed by atoms with Crippen molar-refractivity contribution in [2.24, 2.45) is 7.05 Å². The van der Waals surface area contributed by atoms with Crippen LogP contribution in [0.4, 0.5) is 10.1 Å². The summed E-state index contributed by atoms with van der Waals surface area (Å²) in [6, 6.07) is 4.22. The fourth-order valence-corrected chi connectivity index (χ4v) is 3.62. The fourth-order valence-electron chi connectivity index (χ4n) is 3.62. The molecule has 3 rings (SSSR count). The first-order valence-electron chi connectivity index (χ1n) is 9.60. The summed E-state index contributed by atoms with van der Waals surface area (Å²) >= 11 is 0. The number of amides is 2. The molecule has 1 fully saturated rings. The van der Waals surface area contributed by atoms with E-state index in [2.05, 4.69) is 10.6 Å². The molecule has 0 radical (unpaired) electrons. The largest absolute Gasteiger partial charge is 0.344 e. The van der Waals surface area contributed by atoms with Crippen LogP contribution in [0.1, 0.15) is 57.4 Å². The summed E-state index contributed by atoms with van der Waals surface area (Å²) in [4.78, 5) is 49.9. The standard InChI is InChI=1S/C22H24FN3O4/c1-11-10-15(6-7-16(11)23)24-20(29)17-12(2)18(26(5)13(17)3)19(28)21(30)25-22(8-9-22)14(4)27/h6-7,10H,8-9H2,1-5H3,(H,24,29)(H,25,30). The molecule has 1 aliphatic carbocycles. The van der Waals surface area contributed by atoms with Crippen LogP contribution in [-0.2, 0) is 16.6 Å². The van der Waals surface area contributed by atoms with Gasteiger partial charge in [0.2, 0.25) is 0 Å². The maximum atomic E-state index is 13.5. The van der Waals surface area contributed by atoms with Crippen molar-refractivity contribution in [2.75, 3.05) is 5.32 Å². The van der Waals surface area contributed by atoms with Crippen LogP contribution >= 0.6 is 0 Å². The van der Waals surface area contributed by atoms with Gasteiger partial charge < -0.3 is 15.2 Å². The third kappa shape index (κ3) is 3.65. The Balaban J connectivity index is 1.88. The number of Topliss-reactive ketones (excluding diaryl/α,β-unsaturated/α-hetero) is 2. The summed E-state index contributed by atoms with van der Waals surface area (Å²) < 4.78 is 15.0. The average Bonchev–Trinajstić information content (AvgIpc) is 3.41. The zero-order valence-electron chi connectivity index (χ0n) is 17.6. The molecule has 0 unspecified atom stereocenters. The lowest BCUT2D eigenvalue weighted by Gasteiger charge is -2.13. The Hall–Kier alpha value is -3.29. The highest BCUT2D eigenvalue weighted by molar-refractivity contribution is 6.43. The summed E-state index contributed by atoms with van der Waals surface area (Å²) in [7, 11) is 1.60. The molecule has 1 heterocycles. The van der Waals surface area contributed by atoms with Crippen molar-refractivity contribution in [3.05, 3.63) is 52.1 Å². The molecular formula is C22H24FN3O4. The number of nitrogens with one attached hydrogen (secondary N) is 2. The number of aromatic nitrogens is 1. The number of aryl methyl sites for hydroxylation is 1. The molecule has 1 saturated carbocycles. The second-order valence-corrected chi connectivity index (χ2v) is 7.83. The second-order valence-electron chi connectivity index (χ2n) is 7.83. The van der Waals surface area contributed by atoms with Gasteiger partial charge in [0.15, 0.2) is 5.78 Å². The predicted molar refractivity (Wildman–Crippen MR) is 109 cm³/mol. The van der Waals surface area contributed by atoms with Gasteiger partial charge in [-0.05, 0) is 69.9 Å². The first kappa shape index (κ1) is 21.4. The molecule has 1 aromatic carbocycles. The number of ketones is 2. The van der Waals surface area contributed by atoms with E-state index in [0.717, 1.165) is 0 Å². The van der Waals surface area contributed by atoms with E-state index in [9.17, 15) is 23.6 Å². The van der Waals surface area contributed by atoms with Crippen LogP contribution in [-0.4, -0.2) is 33.5 Å². The first-order chi connectivity index (χ1) is 14.0. The quantitative estimate of drug-likeness (QED) is 0.562. The van der Waals surface area contributed by atoms with E-state index in [1.165, 1.54) is 29.7 Å². The molecule has 1 aromatic heterocycles. The molecule has 0 aliphatic heterocycles. The van der Waals surface area contributed by atoms with Crippen LogP contribution in [0.5, 0.6) is 0 Å². The maximum Gasteiger partial charge on any atom is 0.294 e. The van der Waals surface area contributed by atoms with Gasteiger partial charge in [0.05, 0.1) is 16.8 Å². The van der Waals surface area contributed by atoms with Crippen LogP contribution in [0, 0.1) is 26.6 Å². The van der Waals surface area contributed by atoms with E-state index in [1.807, 2.05) is 0 Å². The van der Waals surface area contributed by atoms with E-state index < -0.39 is 23.1 Å². The van der Waals surface area contributed by atoms with Gasteiger partial charge in [-0.15, -0.1) is 0 Å². The average molecular weight is 413 g/mol. The van der Waals surface area contributed by atoms with Gasteiger partial charge in [0.25, 0.3) is 17.6 Å².